The molecule has 0 saturated carbocycles. The molecule has 3 N–H and O–H groups in total. The van der Waals surface area contributed by atoms with E-state index in [4.69, 9.17) is 4.74 Å². The summed E-state index contributed by atoms with van der Waals surface area (Å²) in [5, 5.41) is 22.8. The van der Waals surface area contributed by atoms with Crippen LogP contribution >= 0.6 is 0 Å². The maximum absolute atomic E-state index is 11.3. The van der Waals surface area contributed by atoms with Crippen LogP contribution in [-0.4, -0.2) is 34.8 Å². The number of anilines is 1. The molecule has 1 aromatic rings. The van der Waals surface area contributed by atoms with Gasteiger partial charge in [-0.2, -0.15) is 0 Å². The number of ether oxygens (including phenoxy) is 1. The van der Waals surface area contributed by atoms with Crippen LogP contribution in [-0.2, 0) is 20.7 Å². The van der Waals surface area contributed by atoms with Crippen molar-refractivity contribution in [1.29, 1.82) is 0 Å². The molecule has 0 fully saturated rings. The number of aliphatic hydroxyl groups excluding tert-OH is 2. The van der Waals surface area contributed by atoms with Crippen molar-refractivity contribution in [3.63, 3.8) is 0 Å². The third kappa shape index (κ3) is 3.80. The fourth-order valence-corrected chi connectivity index (χ4v) is 2.31. The van der Waals surface area contributed by atoms with Gasteiger partial charge in [-0.15, -0.1) is 0 Å². The molecule has 1 aromatic carbocycles. The van der Waals surface area contributed by atoms with E-state index < -0.39 is 18.2 Å². The van der Waals surface area contributed by atoms with Crippen molar-refractivity contribution in [1.82, 2.24) is 0 Å². The normalized spacial score (nSPS) is 16.6. The minimum atomic E-state index is -1.22. The molecule has 0 bridgehead atoms. The molecule has 1 aliphatic heterocycles. The molecule has 1 aliphatic rings. The Hall–Kier alpha value is -1.92. The summed E-state index contributed by atoms with van der Waals surface area (Å²) in [4.78, 5) is 22.6. The van der Waals surface area contributed by atoms with Crippen LogP contribution in [0.2, 0.25) is 0 Å². The number of amides is 1. The number of rotatable bonds is 5. The highest BCUT2D eigenvalue weighted by atomic mass is 16.5. The predicted octanol–water partition coefficient (Wildman–Crippen LogP) is 0.919. The first-order valence-corrected chi connectivity index (χ1v) is 6.95. The second-order valence-electron chi connectivity index (χ2n) is 4.99. The van der Waals surface area contributed by atoms with E-state index >= 15 is 0 Å². The van der Waals surface area contributed by atoms with E-state index in [1.165, 1.54) is 0 Å². The average molecular weight is 293 g/mol. The number of carbonyl (C=O) groups is 2. The lowest BCUT2D eigenvalue weighted by Gasteiger charge is -2.21. The highest BCUT2D eigenvalue weighted by Crippen LogP contribution is 2.28. The van der Waals surface area contributed by atoms with Crippen LogP contribution in [0, 0.1) is 0 Å². The van der Waals surface area contributed by atoms with Crippen molar-refractivity contribution in [2.45, 2.75) is 38.4 Å². The smallest absolute Gasteiger partial charge is 0.308 e. The summed E-state index contributed by atoms with van der Waals surface area (Å²) in [6, 6.07) is 5.07. The van der Waals surface area contributed by atoms with Crippen molar-refractivity contribution in [2.75, 3.05) is 11.9 Å². The van der Waals surface area contributed by atoms with Gasteiger partial charge in [-0.05, 0) is 30.5 Å². The summed E-state index contributed by atoms with van der Waals surface area (Å²) in [6.45, 7) is 1.92. The van der Waals surface area contributed by atoms with Crippen LogP contribution in [0.5, 0.6) is 0 Å². The molecule has 2 rings (SSSR count). The van der Waals surface area contributed by atoms with Crippen LogP contribution < -0.4 is 5.32 Å². The zero-order valence-electron chi connectivity index (χ0n) is 11.8. The van der Waals surface area contributed by atoms with E-state index in [1.54, 1.807) is 25.1 Å². The average Bonchev–Trinajstić information content (AvgIpc) is 2.46. The summed E-state index contributed by atoms with van der Waals surface area (Å²) in [7, 11) is 0. The molecular weight excluding hydrogens is 274 g/mol. The highest BCUT2D eigenvalue weighted by molar-refractivity contribution is 5.93. The summed E-state index contributed by atoms with van der Waals surface area (Å²) < 4.78 is 4.74. The zero-order valence-corrected chi connectivity index (χ0v) is 11.8. The van der Waals surface area contributed by atoms with Gasteiger partial charge in [0, 0.05) is 12.1 Å². The predicted molar refractivity (Wildman–Crippen MR) is 75.6 cm³/mol. The van der Waals surface area contributed by atoms with Crippen molar-refractivity contribution < 1.29 is 24.5 Å². The summed E-state index contributed by atoms with van der Waals surface area (Å²) in [5.41, 5.74) is 2.15. The maximum Gasteiger partial charge on any atom is 0.308 e. The van der Waals surface area contributed by atoms with Gasteiger partial charge in [0.25, 0.3) is 0 Å². The van der Waals surface area contributed by atoms with E-state index in [2.05, 4.69) is 5.32 Å². The number of carbonyl (C=O) groups excluding carboxylic acids is 2. The van der Waals surface area contributed by atoms with Crippen molar-refractivity contribution in [3.05, 3.63) is 29.3 Å². The van der Waals surface area contributed by atoms with Crippen LogP contribution in [0.4, 0.5) is 5.69 Å². The Bertz CT molecular complexity index is 543. The topological polar surface area (TPSA) is 95.9 Å². The van der Waals surface area contributed by atoms with Gasteiger partial charge in [-0.25, -0.2) is 0 Å². The van der Waals surface area contributed by atoms with E-state index in [-0.39, 0.29) is 18.9 Å². The number of benzene rings is 1. The summed E-state index contributed by atoms with van der Waals surface area (Å²) in [5.74, 6) is -0.576. The Morgan fingerprint density at radius 3 is 2.86 bits per heavy atom. The Morgan fingerprint density at radius 1 is 1.38 bits per heavy atom. The third-order valence-corrected chi connectivity index (χ3v) is 3.41. The minimum absolute atomic E-state index is 0.0295. The molecule has 0 spiro atoms. The number of nitrogens with one attached hydrogen (secondary N) is 1. The van der Waals surface area contributed by atoms with Gasteiger partial charge in [-0.1, -0.05) is 12.1 Å². The SMILES string of the molecule is CCOC(=O)CC(O)C(O)c1ccc2c(c1)CCC(=O)N2. The van der Waals surface area contributed by atoms with E-state index in [0.717, 1.165) is 11.3 Å². The third-order valence-electron chi connectivity index (χ3n) is 3.41. The lowest BCUT2D eigenvalue weighted by Crippen LogP contribution is -2.24. The van der Waals surface area contributed by atoms with E-state index in [1.807, 2.05) is 0 Å². The molecule has 6 nitrogen and oxygen atoms in total. The molecule has 1 heterocycles. The lowest BCUT2D eigenvalue weighted by atomic mass is 9.95. The van der Waals surface area contributed by atoms with Crippen LogP contribution in [0.3, 0.4) is 0 Å². The van der Waals surface area contributed by atoms with Crippen LogP contribution in [0.1, 0.15) is 37.0 Å². The fourth-order valence-electron chi connectivity index (χ4n) is 2.31. The van der Waals surface area contributed by atoms with Crippen molar-refractivity contribution in [2.24, 2.45) is 0 Å². The second-order valence-corrected chi connectivity index (χ2v) is 4.99. The molecule has 114 valence electrons. The Balaban J connectivity index is 2.07. The quantitative estimate of drug-likeness (QED) is 0.702. The zero-order chi connectivity index (χ0) is 15.4. The maximum atomic E-state index is 11.3. The van der Waals surface area contributed by atoms with Crippen molar-refractivity contribution in [3.8, 4) is 0 Å². The fraction of sp³-hybridized carbons (Fsp3) is 0.467. The number of hydrogen-bond acceptors (Lipinski definition) is 5. The molecule has 0 saturated heterocycles. The molecule has 21 heavy (non-hydrogen) atoms. The molecule has 2 unspecified atom stereocenters. The van der Waals surface area contributed by atoms with Gasteiger partial charge in [-0.3, -0.25) is 9.59 Å². The van der Waals surface area contributed by atoms with E-state index in [0.29, 0.717) is 18.4 Å². The Morgan fingerprint density at radius 2 is 2.14 bits per heavy atom. The molecule has 0 aliphatic carbocycles. The molecule has 2 atom stereocenters. The van der Waals surface area contributed by atoms with Gasteiger partial charge in [0.15, 0.2) is 0 Å². The summed E-state index contributed by atoms with van der Waals surface area (Å²) in [6.07, 6.45) is -1.66. The second kappa shape index (κ2) is 6.69. The van der Waals surface area contributed by atoms with Gasteiger partial charge in [0.2, 0.25) is 5.91 Å². The van der Waals surface area contributed by atoms with Gasteiger partial charge in [0.05, 0.1) is 19.1 Å². The minimum Gasteiger partial charge on any atom is -0.466 e. The van der Waals surface area contributed by atoms with Gasteiger partial charge in [0.1, 0.15) is 6.10 Å². The van der Waals surface area contributed by atoms with Gasteiger partial charge >= 0.3 is 5.97 Å². The molecule has 0 aromatic heterocycles. The monoisotopic (exact) mass is 293 g/mol. The molecular formula is C15H19NO5. The number of fused-ring (bicyclic) bond motifs is 1. The van der Waals surface area contributed by atoms with Crippen LogP contribution in [0.25, 0.3) is 0 Å². The molecule has 6 heteroatoms. The Kier molecular flexibility index (Phi) is 4.93. The number of esters is 1. The largest absolute Gasteiger partial charge is 0.466 e. The number of aliphatic hydroxyl groups is 2. The number of hydrogen-bond donors (Lipinski definition) is 3. The van der Waals surface area contributed by atoms with Gasteiger partial charge < -0.3 is 20.3 Å². The number of aryl methyl sites for hydroxylation is 1. The molecule has 1 amide bonds. The van der Waals surface area contributed by atoms with E-state index in [9.17, 15) is 19.8 Å². The first-order chi connectivity index (χ1) is 10.0. The highest BCUT2D eigenvalue weighted by Gasteiger charge is 2.24. The summed E-state index contributed by atoms with van der Waals surface area (Å²) >= 11 is 0. The molecule has 0 radical (unpaired) electrons. The van der Waals surface area contributed by atoms with Crippen molar-refractivity contribution >= 4 is 17.6 Å². The Labute approximate surface area is 122 Å². The lowest BCUT2D eigenvalue weighted by molar-refractivity contribution is -0.147. The van der Waals surface area contributed by atoms with Crippen LogP contribution in [0.15, 0.2) is 18.2 Å². The first kappa shape index (κ1) is 15.5. The first-order valence-electron chi connectivity index (χ1n) is 6.95. The standard InChI is InChI=1S/C15H19NO5/c1-2-21-14(19)8-12(17)15(20)10-3-5-11-9(7-10)4-6-13(18)16-11/h3,5,7,12,15,17,20H,2,4,6,8H2,1H3,(H,16,18).